The number of amides is 1. The Kier molecular flexibility index (Phi) is 6.67. The number of benzene rings is 4. The Bertz CT molecular complexity index is 1840. The highest BCUT2D eigenvalue weighted by Crippen LogP contribution is 2.35. The van der Waals surface area contributed by atoms with Crippen LogP contribution in [0.4, 0.5) is 17.1 Å². The number of aromatic nitrogens is 1. The van der Waals surface area contributed by atoms with Crippen LogP contribution >= 0.6 is 0 Å². The van der Waals surface area contributed by atoms with Crippen LogP contribution in [0.5, 0.6) is 0 Å². The number of furan rings is 1. The lowest BCUT2D eigenvalue weighted by molar-refractivity contribution is 0.102. The summed E-state index contributed by atoms with van der Waals surface area (Å²) in [6.07, 6.45) is 4.18. The molecule has 7 rings (SSSR count). The van der Waals surface area contributed by atoms with E-state index >= 15 is 0 Å². The minimum absolute atomic E-state index is 0.113. The number of nitrogens with one attached hydrogen (secondary N) is 3. The molecular formula is C35H30N4O2. The maximum absolute atomic E-state index is 12.8. The molecular weight excluding hydrogens is 508 g/mol. The van der Waals surface area contributed by atoms with Gasteiger partial charge in [-0.3, -0.25) is 9.78 Å². The van der Waals surface area contributed by atoms with Gasteiger partial charge in [-0.15, -0.1) is 0 Å². The van der Waals surface area contributed by atoms with Crippen molar-refractivity contribution in [2.75, 3.05) is 23.7 Å². The standard InChI is InChI=1S/C35H30N4O2/c40-35(24-12-10-23(11-13-24)25-5-4-19-36-22-25)39-27-16-14-26(15-17-27)38-28-18-20-37-32(21-28)31-8-3-7-30-29-6-1-2-9-33(29)41-34(30)31/h1-3,6-18,20-21,25,36H,4-5,19,22H2,(H,37,38)(H,39,40). The fourth-order valence-electron chi connectivity index (χ4n) is 5.65. The Hall–Kier alpha value is -4.94. The topological polar surface area (TPSA) is 79.2 Å². The molecule has 6 aromatic rings. The highest BCUT2D eigenvalue weighted by atomic mass is 16.3. The zero-order chi connectivity index (χ0) is 27.6. The molecule has 1 atom stereocenters. The van der Waals surface area contributed by atoms with Gasteiger partial charge in [0.15, 0.2) is 0 Å². The number of carbonyl (C=O) groups excluding carboxylic acids is 1. The first kappa shape index (κ1) is 25.1. The summed E-state index contributed by atoms with van der Waals surface area (Å²) < 4.78 is 6.21. The molecule has 2 aromatic heterocycles. The van der Waals surface area contributed by atoms with E-state index in [0.29, 0.717) is 11.5 Å². The van der Waals surface area contributed by atoms with Crippen molar-refractivity contribution in [2.24, 2.45) is 0 Å². The van der Waals surface area contributed by atoms with Gasteiger partial charge in [-0.1, -0.05) is 42.5 Å². The zero-order valence-electron chi connectivity index (χ0n) is 22.6. The number of rotatable bonds is 6. The Morgan fingerprint density at radius 3 is 2.46 bits per heavy atom. The molecule has 202 valence electrons. The monoisotopic (exact) mass is 538 g/mol. The van der Waals surface area contributed by atoms with E-state index in [1.165, 1.54) is 18.4 Å². The van der Waals surface area contributed by atoms with E-state index in [1.54, 1.807) is 6.20 Å². The van der Waals surface area contributed by atoms with Crippen LogP contribution in [-0.2, 0) is 0 Å². The molecule has 3 N–H and O–H groups in total. The first-order valence-corrected chi connectivity index (χ1v) is 14.1. The summed E-state index contributed by atoms with van der Waals surface area (Å²) in [5.74, 6) is 0.411. The molecule has 41 heavy (non-hydrogen) atoms. The van der Waals surface area contributed by atoms with Crippen molar-refractivity contribution in [1.82, 2.24) is 10.3 Å². The second-order valence-electron chi connectivity index (χ2n) is 10.5. The Balaban J connectivity index is 1.04. The summed E-state index contributed by atoms with van der Waals surface area (Å²) in [5, 5.41) is 12.1. The fraction of sp³-hybridized carbons (Fsp3) is 0.143. The number of nitrogens with zero attached hydrogens (tertiary/aromatic N) is 1. The molecule has 1 aliphatic heterocycles. The minimum atomic E-state index is -0.113. The fourth-order valence-corrected chi connectivity index (χ4v) is 5.65. The second-order valence-corrected chi connectivity index (χ2v) is 10.5. The van der Waals surface area contributed by atoms with Crippen LogP contribution in [0.2, 0.25) is 0 Å². The molecule has 0 aliphatic carbocycles. The summed E-state index contributed by atoms with van der Waals surface area (Å²) in [5.41, 5.74) is 7.98. The van der Waals surface area contributed by atoms with Gasteiger partial charge in [-0.2, -0.15) is 0 Å². The normalized spacial score (nSPS) is 15.2. The SMILES string of the molecule is O=C(Nc1ccc(Nc2ccnc(-c3cccc4c3oc3ccccc34)c2)cc1)c1ccc(C2CCCNC2)cc1. The number of anilines is 3. The Morgan fingerprint density at radius 2 is 1.63 bits per heavy atom. The largest absolute Gasteiger partial charge is 0.455 e. The summed E-state index contributed by atoms with van der Waals surface area (Å²) in [6, 6.07) is 33.9. The summed E-state index contributed by atoms with van der Waals surface area (Å²) in [7, 11) is 0. The Morgan fingerprint density at radius 1 is 0.829 bits per heavy atom. The highest BCUT2D eigenvalue weighted by molar-refractivity contribution is 6.09. The Labute approximate surface area is 238 Å². The van der Waals surface area contributed by atoms with E-state index in [-0.39, 0.29) is 5.91 Å². The van der Waals surface area contributed by atoms with Gasteiger partial charge in [0.1, 0.15) is 11.2 Å². The molecule has 4 aromatic carbocycles. The van der Waals surface area contributed by atoms with Crippen LogP contribution < -0.4 is 16.0 Å². The van der Waals surface area contributed by atoms with E-state index in [2.05, 4.69) is 45.2 Å². The van der Waals surface area contributed by atoms with Crippen LogP contribution in [0.3, 0.4) is 0 Å². The van der Waals surface area contributed by atoms with E-state index in [0.717, 1.165) is 63.3 Å². The molecule has 1 saturated heterocycles. The molecule has 1 fully saturated rings. The zero-order valence-corrected chi connectivity index (χ0v) is 22.6. The van der Waals surface area contributed by atoms with Crippen molar-refractivity contribution in [3.05, 3.63) is 120 Å². The van der Waals surface area contributed by atoms with Gasteiger partial charge in [0.25, 0.3) is 5.91 Å². The lowest BCUT2D eigenvalue weighted by atomic mass is 9.91. The third kappa shape index (κ3) is 5.17. The molecule has 1 aliphatic rings. The maximum Gasteiger partial charge on any atom is 0.255 e. The summed E-state index contributed by atoms with van der Waals surface area (Å²) >= 11 is 0. The van der Waals surface area contributed by atoms with Crippen LogP contribution in [-0.4, -0.2) is 24.0 Å². The quantitative estimate of drug-likeness (QED) is 0.200. The third-order valence-electron chi connectivity index (χ3n) is 7.81. The van der Waals surface area contributed by atoms with Crippen molar-refractivity contribution in [2.45, 2.75) is 18.8 Å². The lowest BCUT2D eigenvalue weighted by Crippen LogP contribution is -2.28. The lowest BCUT2D eigenvalue weighted by Gasteiger charge is -2.23. The number of hydrogen-bond donors (Lipinski definition) is 3. The maximum atomic E-state index is 12.8. The van der Waals surface area contributed by atoms with Crippen LogP contribution in [0.1, 0.15) is 34.7 Å². The molecule has 1 amide bonds. The molecule has 0 saturated carbocycles. The van der Waals surface area contributed by atoms with Gasteiger partial charge < -0.3 is 20.4 Å². The van der Waals surface area contributed by atoms with Gasteiger partial charge in [-0.05, 0) is 91.5 Å². The summed E-state index contributed by atoms with van der Waals surface area (Å²) in [6.45, 7) is 2.10. The first-order chi connectivity index (χ1) is 20.2. The number of piperidine rings is 1. The summed E-state index contributed by atoms with van der Waals surface area (Å²) in [4.78, 5) is 17.5. The van der Waals surface area contributed by atoms with Crippen molar-refractivity contribution in [1.29, 1.82) is 0 Å². The van der Waals surface area contributed by atoms with Crippen LogP contribution in [0.25, 0.3) is 33.2 Å². The number of hydrogen-bond acceptors (Lipinski definition) is 5. The predicted octanol–water partition coefficient (Wildman–Crippen LogP) is 8.11. The van der Waals surface area contributed by atoms with Crippen molar-refractivity contribution in [3.8, 4) is 11.3 Å². The molecule has 0 bridgehead atoms. The van der Waals surface area contributed by atoms with E-state index in [9.17, 15) is 4.79 Å². The van der Waals surface area contributed by atoms with E-state index in [1.807, 2.05) is 78.9 Å². The average Bonchev–Trinajstić information content (AvgIpc) is 3.42. The van der Waals surface area contributed by atoms with Gasteiger partial charge in [0.2, 0.25) is 0 Å². The predicted molar refractivity (Wildman–Crippen MR) is 166 cm³/mol. The third-order valence-corrected chi connectivity index (χ3v) is 7.81. The van der Waals surface area contributed by atoms with Gasteiger partial charge >= 0.3 is 0 Å². The second kappa shape index (κ2) is 10.9. The number of carbonyl (C=O) groups is 1. The van der Waals surface area contributed by atoms with E-state index in [4.69, 9.17) is 4.42 Å². The first-order valence-electron chi connectivity index (χ1n) is 14.1. The molecule has 6 nitrogen and oxygen atoms in total. The number of pyridine rings is 1. The van der Waals surface area contributed by atoms with Crippen LogP contribution in [0.15, 0.2) is 114 Å². The minimum Gasteiger partial charge on any atom is -0.455 e. The molecule has 0 spiro atoms. The number of para-hydroxylation sites is 2. The van der Waals surface area contributed by atoms with Crippen molar-refractivity contribution < 1.29 is 9.21 Å². The molecule has 1 unspecified atom stereocenters. The van der Waals surface area contributed by atoms with Gasteiger partial charge in [0, 0.05) is 51.7 Å². The van der Waals surface area contributed by atoms with Crippen molar-refractivity contribution in [3.63, 3.8) is 0 Å². The number of fused-ring (bicyclic) bond motifs is 3. The van der Waals surface area contributed by atoms with E-state index < -0.39 is 0 Å². The molecule has 6 heteroatoms. The molecule has 0 radical (unpaired) electrons. The van der Waals surface area contributed by atoms with Crippen molar-refractivity contribution >= 4 is 44.9 Å². The van der Waals surface area contributed by atoms with Crippen LogP contribution in [0, 0.1) is 0 Å². The van der Waals surface area contributed by atoms with Gasteiger partial charge in [-0.25, -0.2) is 0 Å². The smallest absolute Gasteiger partial charge is 0.255 e. The van der Waals surface area contributed by atoms with Gasteiger partial charge in [0.05, 0.1) is 5.69 Å². The molecule has 3 heterocycles. The average molecular weight is 539 g/mol. The highest BCUT2D eigenvalue weighted by Gasteiger charge is 2.16.